The minimum Gasteiger partial charge on any atom is -0.384 e. The molecule has 1 saturated heterocycles. The zero-order valence-corrected chi connectivity index (χ0v) is 14.9. The van der Waals surface area contributed by atoms with Crippen LogP contribution in [0.2, 0.25) is 5.15 Å². The van der Waals surface area contributed by atoms with Gasteiger partial charge in [-0.05, 0) is 66.0 Å². The Morgan fingerprint density at radius 3 is 2.72 bits per heavy atom. The molecule has 1 aliphatic heterocycles. The lowest BCUT2D eigenvalue weighted by Gasteiger charge is -2.24. The maximum atomic E-state index is 11.1. The Kier molecular flexibility index (Phi) is 4.46. The van der Waals surface area contributed by atoms with Crippen molar-refractivity contribution < 1.29 is 5.11 Å². The number of benzene rings is 2. The van der Waals surface area contributed by atoms with Crippen LogP contribution < -0.4 is 0 Å². The third kappa shape index (κ3) is 3.15. The van der Waals surface area contributed by atoms with E-state index < -0.39 is 6.10 Å². The summed E-state index contributed by atoms with van der Waals surface area (Å²) in [5.41, 5.74) is 2.81. The lowest BCUT2D eigenvalue weighted by Crippen LogP contribution is -2.20. The van der Waals surface area contributed by atoms with Crippen LogP contribution in [0.1, 0.15) is 41.7 Å². The highest BCUT2D eigenvalue weighted by Crippen LogP contribution is 2.37. The van der Waals surface area contributed by atoms with Gasteiger partial charge < -0.3 is 5.11 Å². The summed E-state index contributed by atoms with van der Waals surface area (Å²) in [5, 5.41) is 13.8. The lowest BCUT2D eigenvalue weighted by atomic mass is 9.92. The normalized spacial score (nSPS) is 19.4. The van der Waals surface area contributed by atoms with E-state index in [0.29, 0.717) is 5.15 Å². The fourth-order valence-corrected chi connectivity index (χ4v) is 4.00. The number of aromatic nitrogens is 1. The van der Waals surface area contributed by atoms with Crippen molar-refractivity contribution in [3.63, 3.8) is 0 Å². The van der Waals surface area contributed by atoms with Crippen LogP contribution >= 0.6 is 11.6 Å². The summed E-state index contributed by atoms with van der Waals surface area (Å²) in [5.74, 6) is 0. The topological polar surface area (TPSA) is 36.4 Å². The number of aliphatic hydroxyl groups is 1. The zero-order valence-electron chi connectivity index (χ0n) is 14.2. The zero-order chi connectivity index (χ0) is 17.4. The molecule has 3 aromatic rings. The summed E-state index contributed by atoms with van der Waals surface area (Å²) in [4.78, 5) is 6.59. The number of hydrogen-bond acceptors (Lipinski definition) is 3. The van der Waals surface area contributed by atoms with E-state index in [1.165, 1.54) is 5.39 Å². The summed E-state index contributed by atoms with van der Waals surface area (Å²) < 4.78 is 0. The Bertz CT molecular complexity index is 911. The fraction of sp³-hybridized carbons (Fsp3) is 0.286. The highest BCUT2D eigenvalue weighted by atomic mass is 35.5. The van der Waals surface area contributed by atoms with Gasteiger partial charge in [0.2, 0.25) is 0 Å². The molecular formula is C21H21ClN2O. The molecule has 0 spiro atoms. The van der Waals surface area contributed by atoms with Crippen molar-refractivity contribution in [1.29, 1.82) is 0 Å². The van der Waals surface area contributed by atoms with Crippen LogP contribution in [0.25, 0.3) is 10.8 Å². The second kappa shape index (κ2) is 6.75. The van der Waals surface area contributed by atoms with E-state index in [-0.39, 0.29) is 6.04 Å². The lowest BCUT2D eigenvalue weighted by molar-refractivity contribution is 0.215. The van der Waals surface area contributed by atoms with Gasteiger partial charge in [0, 0.05) is 12.2 Å². The van der Waals surface area contributed by atoms with Gasteiger partial charge in [-0.3, -0.25) is 4.90 Å². The molecule has 2 heterocycles. The third-order valence-electron chi connectivity index (χ3n) is 5.20. The Balaban J connectivity index is 1.78. The van der Waals surface area contributed by atoms with Crippen molar-refractivity contribution in [2.45, 2.75) is 25.0 Å². The summed E-state index contributed by atoms with van der Waals surface area (Å²) in [7, 11) is 2.12. The average Bonchev–Trinajstić information content (AvgIpc) is 3.06. The first kappa shape index (κ1) is 16.5. The SMILES string of the molecule is CN1CCC[C@H]1c1cnc(Cl)cc1[C@H](O)c1ccc2ccccc2c1. The van der Waals surface area contributed by atoms with E-state index in [0.717, 1.165) is 41.5 Å². The monoisotopic (exact) mass is 352 g/mol. The van der Waals surface area contributed by atoms with Crippen molar-refractivity contribution >= 4 is 22.4 Å². The first-order chi connectivity index (χ1) is 12.1. The Morgan fingerprint density at radius 2 is 1.96 bits per heavy atom. The van der Waals surface area contributed by atoms with E-state index in [9.17, 15) is 5.11 Å². The first-order valence-corrected chi connectivity index (χ1v) is 9.03. The summed E-state index contributed by atoms with van der Waals surface area (Å²) in [6.45, 7) is 1.07. The largest absolute Gasteiger partial charge is 0.384 e. The van der Waals surface area contributed by atoms with Crippen LogP contribution in [0.3, 0.4) is 0 Å². The molecule has 0 amide bonds. The summed E-state index contributed by atoms with van der Waals surface area (Å²) in [6, 6.07) is 16.4. The van der Waals surface area contributed by atoms with Crippen LogP contribution in [0.4, 0.5) is 0 Å². The quantitative estimate of drug-likeness (QED) is 0.692. The van der Waals surface area contributed by atoms with Crippen molar-refractivity contribution in [2.75, 3.05) is 13.6 Å². The van der Waals surface area contributed by atoms with Gasteiger partial charge in [-0.25, -0.2) is 4.98 Å². The highest BCUT2D eigenvalue weighted by Gasteiger charge is 2.27. The maximum Gasteiger partial charge on any atom is 0.129 e. The predicted molar refractivity (Wildman–Crippen MR) is 102 cm³/mol. The first-order valence-electron chi connectivity index (χ1n) is 8.66. The molecule has 1 aliphatic rings. The van der Waals surface area contributed by atoms with Gasteiger partial charge in [0.25, 0.3) is 0 Å². The molecule has 0 bridgehead atoms. The molecule has 128 valence electrons. The smallest absolute Gasteiger partial charge is 0.129 e. The minimum absolute atomic E-state index is 0.287. The van der Waals surface area contributed by atoms with Crippen LogP contribution in [0, 0.1) is 0 Å². The van der Waals surface area contributed by atoms with Crippen molar-refractivity contribution in [3.05, 3.63) is 76.6 Å². The van der Waals surface area contributed by atoms with E-state index in [2.05, 4.69) is 41.2 Å². The molecule has 1 fully saturated rings. The number of hydrogen-bond donors (Lipinski definition) is 1. The number of halogens is 1. The summed E-state index contributed by atoms with van der Waals surface area (Å²) >= 11 is 6.15. The second-order valence-electron chi connectivity index (χ2n) is 6.78. The molecule has 4 rings (SSSR count). The van der Waals surface area contributed by atoms with Crippen LogP contribution in [0.5, 0.6) is 0 Å². The van der Waals surface area contributed by atoms with Gasteiger partial charge in [0.15, 0.2) is 0 Å². The van der Waals surface area contributed by atoms with Crippen LogP contribution in [0.15, 0.2) is 54.7 Å². The standard InChI is InChI=1S/C21H21ClN2O/c1-24-10-4-7-19(24)18-13-23-20(22)12-17(18)21(25)16-9-8-14-5-2-3-6-15(14)11-16/h2-3,5-6,8-9,11-13,19,21,25H,4,7,10H2,1H3/t19-,21+/m0/s1. The molecule has 0 aliphatic carbocycles. The number of likely N-dealkylation sites (tertiary alicyclic amines) is 1. The van der Waals surface area contributed by atoms with Crippen LogP contribution in [-0.2, 0) is 0 Å². The van der Waals surface area contributed by atoms with Crippen molar-refractivity contribution in [3.8, 4) is 0 Å². The van der Waals surface area contributed by atoms with Crippen LogP contribution in [-0.4, -0.2) is 28.6 Å². The molecule has 2 atom stereocenters. The minimum atomic E-state index is -0.714. The van der Waals surface area contributed by atoms with Crippen molar-refractivity contribution in [1.82, 2.24) is 9.88 Å². The number of nitrogens with zero attached hydrogens (tertiary/aromatic N) is 2. The summed E-state index contributed by atoms with van der Waals surface area (Å²) in [6.07, 6.45) is 3.36. The molecule has 3 nitrogen and oxygen atoms in total. The maximum absolute atomic E-state index is 11.1. The molecule has 2 aromatic carbocycles. The highest BCUT2D eigenvalue weighted by molar-refractivity contribution is 6.29. The number of rotatable bonds is 3. The van der Waals surface area contributed by atoms with Gasteiger partial charge >= 0.3 is 0 Å². The van der Waals surface area contributed by atoms with Gasteiger partial charge in [-0.1, -0.05) is 48.0 Å². The molecule has 4 heteroatoms. The Labute approximate surface area is 152 Å². The number of pyridine rings is 1. The predicted octanol–water partition coefficient (Wildman–Crippen LogP) is 4.74. The molecule has 0 radical (unpaired) electrons. The van der Waals surface area contributed by atoms with Gasteiger partial charge in [0.05, 0.1) is 0 Å². The molecule has 0 unspecified atom stereocenters. The molecular weight excluding hydrogens is 332 g/mol. The van der Waals surface area contributed by atoms with E-state index in [1.807, 2.05) is 30.5 Å². The van der Waals surface area contributed by atoms with Gasteiger partial charge in [-0.2, -0.15) is 0 Å². The van der Waals surface area contributed by atoms with Crippen molar-refractivity contribution in [2.24, 2.45) is 0 Å². The van der Waals surface area contributed by atoms with E-state index >= 15 is 0 Å². The Hall–Kier alpha value is -1.94. The number of fused-ring (bicyclic) bond motifs is 1. The third-order valence-corrected chi connectivity index (χ3v) is 5.40. The molecule has 1 N–H and O–H groups in total. The fourth-order valence-electron chi connectivity index (χ4n) is 3.83. The van der Waals surface area contributed by atoms with E-state index in [4.69, 9.17) is 11.6 Å². The van der Waals surface area contributed by atoms with Gasteiger partial charge in [0.1, 0.15) is 11.3 Å². The average molecular weight is 353 g/mol. The molecule has 1 aromatic heterocycles. The second-order valence-corrected chi connectivity index (χ2v) is 7.17. The van der Waals surface area contributed by atoms with Gasteiger partial charge in [-0.15, -0.1) is 0 Å². The van der Waals surface area contributed by atoms with E-state index in [1.54, 1.807) is 0 Å². The molecule has 0 saturated carbocycles. The Morgan fingerprint density at radius 1 is 1.16 bits per heavy atom. The molecule has 25 heavy (non-hydrogen) atoms. The number of aliphatic hydroxyl groups excluding tert-OH is 1.